The number of amides is 1. The SMILES string of the molecule is O=C(c1cnc2c(cnn2Cc2ccccc2)c1)N1CCN(c2ccc([N+](=O)[O-])cn2)CC1. The topological polar surface area (TPSA) is 110 Å². The minimum Gasteiger partial charge on any atom is -0.353 e. The van der Waals surface area contributed by atoms with Gasteiger partial charge in [0.1, 0.15) is 12.0 Å². The van der Waals surface area contributed by atoms with Crippen LogP contribution in [0.3, 0.4) is 0 Å². The quantitative estimate of drug-likeness (QED) is 0.344. The van der Waals surface area contributed by atoms with E-state index in [9.17, 15) is 14.9 Å². The van der Waals surface area contributed by atoms with Gasteiger partial charge in [-0.05, 0) is 17.7 Å². The highest BCUT2D eigenvalue weighted by Gasteiger charge is 2.24. The van der Waals surface area contributed by atoms with Crippen molar-refractivity contribution in [3.8, 4) is 0 Å². The number of hydrogen-bond donors (Lipinski definition) is 0. The van der Waals surface area contributed by atoms with Crippen molar-refractivity contribution in [2.75, 3.05) is 31.1 Å². The molecule has 4 heterocycles. The summed E-state index contributed by atoms with van der Waals surface area (Å²) in [5.74, 6) is 0.595. The minimum absolute atomic E-state index is 0.0393. The lowest BCUT2D eigenvalue weighted by atomic mass is 10.2. The Morgan fingerprint density at radius 2 is 1.76 bits per heavy atom. The van der Waals surface area contributed by atoms with Crippen LogP contribution in [0, 0.1) is 10.1 Å². The molecule has 1 aliphatic rings. The van der Waals surface area contributed by atoms with Crippen molar-refractivity contribution in [3.63, 3.8) is 0 Å². The van der Waals surface area contributed by atoms with Crippen molar-refractivity contribution >= 4 is 28.4 Å². The van der Waals surface area contributed by atoms with E-state index in [1.165, 1.54) is 12.3 Å². The maximum absolute atomic E-state index is 13.1. The molecule has 0 N–H and O–H groups in total. The van der Waals surface area contributed by atoms with Gasteiger partial charge in [0.2, 0.25) is 0 Å². The maximum Gasteiger partial charge on any atom is 0.287 e. The fraction of sp³-hybridized carbons (Fsp3) is 0.217. The number of rotatable bonds is 5. The van der Waals surface area contributed by atoms with Crippen LogP contribution in [-0.2, 0) is 6.54 Å². The minimum atomic E-state index is -0.469. The van der Waals surface area contributed by atoms with E-state index in [0.717, 1.165) is 16.6 Å². The molecule has 1 fully saturated rings. The Bertz CT molecular complexity index is 1300. The molecule has 0 spiro atoms. The molecule has 0 atom stereocenters. The van der Waals surface area contributed by atoms with Crippen molar-refractivity contribution in [2.45, 2.75) is 6.54 Å². The molecule has 33 heavy (non-hydrogen) atoms. The van der Waals surface area contributed by atoms with Crippen LogP contribution in [0.2, 0.25) is 0 Å². The van der Waals surface area contributed by atoms with E-state index in [1.54, 1.807) is 23.4 Å². The number of benzene rings is 1. The van der Waals surface area contributed by atoms with Crippen LogP contribution >= 0.6 is 0 Å². The summed E-state index contributed by atoms with van der Waals surface area (Å²) in [5, 5.41) is 16.1. The summed E-state index contributed by atoms with van der Waals surface area (Å²) in [6, 6.07) is 15.0. The highest BCUT2D eigenvalue weighted by Crippen LogP contribution is 2.20. The smallest absolute Gasteiger partial charge is 0.287 e. The second-order valence-electron chi connectivity index (χ2n) is 7.84. The van der Waals surface area contributed by atoms with E-state index in [1.807, 2.05) is 46.0 Å². The molecule has 166 valence electrons. The number of nitrogens with zero attached hydrogens (tertiary/aromatic N) is 7. The van der Waals surface area contributed by atoms with Gasteiger partial charge >= 0.3 is 0 Å². The molecule has 0 aliphatic carbocycles. The Balaban J connectivity index is 1.25. The molecule has 0 saturated carbocycles. The predicted molar refractivity (Wildman–Crippen MR) is 122 cm³/mol. The van der Waals surface area contributed by atoms with Gasteiger partial charge in [-0.2, -0.15) is 5.10 Å². The molecular formula is C23H21N7O3. The summed E-state index contributed by atoms with van der Waals surface area (Å²) in [6.07, 6.45) is 4.60. The number of carbonyl (C=O) groups excluding carboxylic acids is 1. The Kier molecular flexibility index (Phi) is 5.39. The van der Waals surface area contributed by atoms with Crippen LogP contribution in [0.1, 0.15) is 15.9 Å². The number of hydrogen-bond acceptors (Lipinski definition) is 7. The van der Waals surface area contributed by atoms with Crippen molar-refractivity contribution in [1.29, 1.82) is 0 Å². The van der Waals surface area contributed by atoms with Crippen LogP contribution in [0.5, 0.6) is 0 Å². The fourth-order valence-electron chi connectivity index (χ4n) is 3.96. The van der Waals surface area contributed by atoms with Gasteiger partial charge in [0.15, 0.2) is 5.65 Å². The number of nitro groups is 1. The lowest BCUT2D eigenvalue weighted by molar-refractivity contribution is -0.385. The number of carbonyl (C=O) groups is 1. The Morgan fingerprint density at radius 1 is 0.970 bits per heavy atom. The molecule has 10 heteroatoms. The molecule has 0 unspecified atom stereocenters. The highest BCUT2D eigenvalue weighted by molar-refractivity contribution is 5.97. The van der Waals surface area contributed by atoms with Gasteiger partial charge in [0.05, 0.1) is 23.2 Å². The Labute approximate surface area is 189 Å². The number of aromatic nitrogens is 4. The van der Waals surface area contributed by atoms with Crippen molar-refractivity contribution in [2.24, 2.45) is 0 Å². The third-order valence-corrected chi connectivity index (χ3v) is 5.73. The molecule has 5 rings (SSSR count). The molecule has 1 amide bonds. The van der Waals surface area contributed by atoms with Gasteiger partial charge in [-0.25, -0.2) is 14.6 Å². The monoisotopic (exact) mass is 443 g/mol. The zero-order chi connectivity index (χ0) is 22.8. The van der Waals surface area contributed by atoms with Gasteiger partial charge < -0.3 is 9.80 Å². The second kappa shape index (κ2) is 8.65. The average molecular weight is 443 g/mol. The molecule has 3 aromatic heterocycles. The van der Waals surface area contributed by atoms with Crippen LogP contribution < -0.4 is 4.90 Å². The van der Waals surface area contributed by atoms with Crippen molar-refractivity contribution < 1.29 is 9.72 Å². The molecule has 1 aliphatic heterocycles. The first-order valence-corrected chi connectivity index (χ1v) is 10.6. The normalized spacial score (nSPS) is 13.9. The lowest BCUT2D eigenvalue weighted by Crippen LogP contribution is -2.49. The highest BCUT2D eigenvalue weighted by atomic mass is 16.6. The Hall–Kier alpha value is -4.34. The van der Waals surface area contributed by atoms with Crippen LogP contribution in [0.4, 0.5) is 11.5 Å². The summed E-state index contributed by atoms with van der Waals surface area (Å²) in [4.78, 5) is 35.9. The average Bonchev–Trinajstić information content (AvgIpc) is 3.26. The number of fused-ring (bicyclic) bond motifs is 1. The molecule has 0 bridgehead atoms. The largest absolute Gasteiger partial charge is 0.353 e. The van der Waals surface area contributed by atoms with E-state index in [-0.39, 0.29) is 11.6 Å². The summed E-state index contributed by atoms with van der Waals surface area (Å²) in [6.45, 7) is 2.87. The van der Waals surface area contributed by atoms with Gasteiger partial charge in [-0.3, -0.25) is 14.9 Å². The summed E-state index contributed by atoms with van der Waals surface area (Å²) < 4.78 is 1.83. The van der Waals surface area contributed by atoms with Gasteiger partial charge in [0.25, 0.3) is 11.6 Å². The molecule has 1 saturated heterocycles. The molecule has 4 aromatic rings. The van der Waals surface area contributed by atoms with E-state index >= 15 is 0 Å². The molecule has 10 nitrogen and oxygen atoms in total. The molecule has 1 aromatic carbocycles. The summed E-state index contributed by atoms with van der Waals surface area (Å²) in [7, 11) is 0. The maximum atomic E-state index is 13.1. The number of piperazine rings is 1. The van der Waals surface area contributed by atoms with E-state index < -0.39 is 4.92 Å². The van der Waals surface area contributed by atoms with Crippen LogP contribution in [0.15, 0.2) is 67.1 Å². The van der Waals surface area contributed by atoms with E-state index in [2.05, 4.69) is 15.1 Å². The van der Waals surface area contributed by atoms with Gasteiger partial charge in [-0.15, -0.1) is 0 Å². The lowest BCUT2D eigenvalue weighted by Gasteiger charge is -2.35. The standard InChI is InChI=1S/C23H21N7O3/c31-23(28-10-8-27(9-11-28)21-7-6-20(15-24-21)30(32)33)19-12-18-14-26-29(22(18)25-13-19)16-17-4-2-1-3-5-17/h1-7,12-15H,8-11,16H2. The van der Waals surface area contributed by atoms with Crippen molar-refractivity contribution in [1.82, 2.24) is 24.6 Å². The summed E-state index contributed by atoms with van der Waals surface area (Å²) in [5.41, 5.74) is 2.36. The van der Waals surface area contributed by atoms with Gasteiger partial charge in [0, 0.05) is 43.8 Å². The van der Waals surface area contributed by atoms with Crippen LogP contribution in [0.25, 0.3) is 11.0 Å². The van der Waals surface area contributed by atoms with Crippen LogP contribution in [-0.4, -0.2) is 61.7 Å². The van der Waals surface area contributed by atoms with E-state index in [0.29, 0.717) is 44.1 Å². The number of anilines is 1. The van der Waals surface area contributed by atoms with E-state index in [4.69, 9.17) is 0 Å². The first-order valence-electron chi connectivity index (χ1n) is 10.6. The summed E-state index contributed by atoms with van der Waals surface area (Å²) >= 11 is 0. The zero-order valence-corrected chi connectivity index (χ0v) is 17.7. The second-order valence-corrected chi connectivity index (χ2v) is 7.84. The molecular weight excluding hydrogens is 422 g/mol. The first-order chi connectivity index (χ1) is 16.1. The Morgan fingerprint density at radius 3 is 2.45 bits per heavy atom. The third kappa shape index (κ3) is 4.22. The number of pyridine rings is 2. The van der Waals surface area contributed by atoms with Gasteiger partial charge in [-0.1, -0.05) is 30.3 Å². The predicted octanol–water partition coefficient (Wildman–Crippen LogP) is 2.75. The zero-order valence-electron chi connectivity index (χ0n) is 17.7. The first kappa shape index (κ1) is 20.6. The third-order valence-electron chi connectivity index (χ3n) is 5.73. The molecule has 0 radical (unpaired) electrons. The van der Waals surface area contributed by atoms with Crippen molar-refractivity contribution in [3.05, 3.63) is 88.4 Å². The fourth-order valence-corrected chi connectivity index (χ4v) is 3.96.